The predicted octanol–water partition coefficient (Wildman–Crippen LogP) is 1.25. The molecule has 1 aliphatic rings. The Kier molecular flexibility index (Phi) is 6.18. The van der Waals surface area contributed by atoms with Crippen molar-refractivity contribution in [3.05, 3.63) is 23.0 Å². The molecule has 0 bridgehead atoms. The predicted molar refractivity (Wildman–Crippen MR) is 76.8 cm³/mol. The van der Waals surface area contributed by atoms with Crippen LogP contribution in [0.5, 0.6) is 0 Å². The number of rotatable bonds is 3. The average Bonchev–Trinajstić information content (AvgIpc) is 2.40. The zero-order chi connectivity index (χ0) is 13.0. The summed E-state index contributed by atoms with van der Waals surface area (Å²) in [5, 5.41) is 14.4. The summed E-state index contributed by atoms with van der Waals surface area (Å²) in [6.07, 6.45) is 2.87. The summed E-state index contributed by atoms with van der Waals surface area (Å²) in [6.45, 7) is 5.73. The van der Waals surface area contributed by atoms with Crippen LogP contribution in [0.15, 0.2) is 6.07 Å². The van der Waals surface area contributed by atoms with E-state index < -0.39 is 0 Å². The van der Waals surface area contributed by atoms with Gasteiger partial charge in [0.15, 0.2) is 0 Å². The maximum absolute atomic E-state index is 12.2. The van der Waals surface area contributed by atoms with Crippen LogP contribution in [-0.2, 0) is 6.42 Å². The highest BCUT2D eigenvalue weighted by atomic mass is 35.5. The van der Waals surface area contributed by atoms with E-state index in [4.69, 9.17) is 0 Å². The number of carbonyl (C=O) groups is 1. The molecule has 19 heavy (non-hydrogen) atoms. The Hall–Kier alpha value is -1.20. The highest BCUT2D eigenvalue weighted by molar-refractivity contribution is 5.95. The Bertz CT molecular complexity index is 433. The third-order valence-electron chi connectivity index (χ3n) is 3.20. The van der Waals surface area contributed by atoms with Gasteiger partial charge in [0, 0.05) is 12.6 Å². The Labute approximate surface area is 120 Å². The fourth-order valence-corrected chi connectivity index (χ4v) is 2.21. The Morgan fingerprint density at radius 1 is 1.53 bits per heavy atom. The van der Waals surface area contributed by atoms with Crippen molar-refractivity contribution in [1.29, 1.82) is 0 Å². The third-order valence-corrected chi connectivity index (χ3v) is 3.20. The first-order chi connectivity index (χ1) is 8.70. The molecule has 2 heterocycles. The summed E-state index contributed by atoms with van der Waals surface area (Å²) in [5.41, 5.74) is 2.21. The number of nitrogens with one attached hydrogen (secondary N) is 2. The summed E-state index contributed by atoms with van der Waals surface area (Å²) in [6, 6.07) is 2.04. The lowest BCUT2D eigenvalue weighted by Crippen LogP contribution is -2.45. The van der Waals surface area contributed by atoms with Gasteiger partial charge in [-0.15, -0.1) is 12.4 Å². The molecule has 2 rings (SSSR count). The molecule has 1 atom stereocenters. The van der Waals surface area contributed by atoms with Gasteiger partial charge in [-0.05, 0) is 38.8 Å². The lowest BCUT2D eigenvalue weighted by atomic mass is 10.1. The standard InChI is InChI=1S/C13H20N4O.ClH/c1-3-12-11(7-9(2)16-17-12)13(18)15-10-5-4-6-14-8-10;/h7,10,14H,3-6,8H2,1-2H3,(H,15,18);1H/t10-;/m1./s1. The molecule has 6 heteroatoms. The molecular formula is C13H21ClN4O. The number of hydrogen-bond donors (Lipinski definition) is 2. The zero-order valence-electron chi connectivity index (χ0n) is 11.4. The van der Waals surface area contributed by atoms with Crippen molar-refractivity contribution in [2.75, 3.05) is 13.1 Å². The van der Waals surface area contributed by atoms with Gasteiger partial charge in [0.2, 0.25) is 0 Å². The quantitative estimate of drug-likeness (QED) is 0.877. The monoisotopic (exact) mass is 284 g/mol. The number of nitrogens with zero attached hydrogens (tertiary/aromatic N) is 2. The van der Waals surface area contributed by atoms with Gasteiger partial charge in [0.25, 0.3) is 5.91 Å². The highest BCUT2D eigenvalue weighted by Gasteiger charge is 2.18. The molecule has 0 unspecified atom stereocenters. The van der Waals surface area contributed by atoms with E-state index in [2.05, 4.69) is 20.8 Å². The van der Waals surface area contributed by atoms with E-state index in [1.165, 1.54) is 0 Å². The van der Waals surface area contributed by atoms with Gasteiger partial charge in [0.05, 0.1) is 17.0 Å². The fourth-order valence-electron chi connectivity index (χ4n) is 2.21. The van der Waals surface area contributed by atoms with E-state index in [-0.39, 0.29) is 24.4 Å². The van der Waals surface area contributed by atoms with E-state index in [0.717, 1.165) is 43.7 Å². The minimum atomic E-state index is -0.0291. The molecule has 0 spiro atoms. The SMILES string of the molecule is CCc1nnc(C)cc1C(=O)N[C@@H]1CCCNC1.Cl. The third kappa shape index (κ3) is 4.14. The Balaban J connectivity index is 0.00000180. The minimum Gasteiger partial charge on any atom is -0.348 e. The summed E-state index contributed by atoms with van der Waals surface area (Å²) >= 11 is 0. The van der Waals surface area contributed by atoms with Gasteiger partial charge in [-0.25, -0.2) is 0 Å². The molecular weight excluding hydrogens is 264 g/mol. The number of hydrogen-bond acceptors (Lipinski definition) is 4. The van der Waals surface area contributed by atoms with Gasteiger partial charge in [-0.1, -0.05) is 6.92 Å². The van der Waals surface area contributed by atoms with Gasteiger partial charge < -0.3 is 10.6 Å². The second-order valence-electron chi connectivity index (χ2n) is 4.72. The molecule has 106 valence electrons. The van der Waals surface area contributed by atoms with Gasteiger partial charge in [0.1, 0.15) is 0 Å². The van der Waals surface area contributed by atoms with E-state index in [0.29, 0.717) is 5.56 Å². The second-order valence-corrected chi connectivity index (χ2v) is 4.72. The van der Waals surface area contributed by atoms with E-state index >= 15 is 0 Å². The van der Waals surface area contributed by atoms with Crippen LogP contribution in [0.2, 0.25) is 0 Å². The molecule has 1 aliphatic heterocycles. The summed E-state index contributed by atoms with van der Waals surface area (Å²) in [5.74, 6) is -0.0291. The lowest BCUT2D eigenvalue weighted by molar-refractivity contribution is 0.0929. The average molecular weight is 285 g/mol. The van der Waals surface area contributed by atoms with Crippen molar-refractivity contribution < 1.29 is 4.79 Å². The highest BCUT2D eigenvalue weighted by Crippen LogP contribution is 2.09. The molecule has 1 aromatic heterocycles. The van der Waals surface area contributed by atoms with Crippen LogP contribution in [-0.4, -0.2) is 35.2 Å². The number of amides is 1. The lowest BCUT2D eigenvalue weighted by Gasteiger charge is -2.24. The first-order valence-corrected chi connectivity index (χ1v) is 6.55. The second kappa shape index (κ2) is 7.40. The summed E-state index contributed by atoms with van der Waals surface area (Å²) in [4.78, 5) is 12.2. The summed E-state index contributed by atoms with van der Waals surface area (Å²) < 4.78 is 0. The van der Waals surface area contributed by atoms with Crippen LogP contribution in [0.3, 0.4) is 0 Å². The number of carbonyl (C=O) groups excluding carboxylic acids is 1. The van der Waals surface area contributed by atoms with Crippen LogP contribution >= 0.6 is 12.4 Å². The Morgan fingerprint density at radius 3 is 2.95 bits per heavy atom. The maximum Gasteiger partial charge on any atom is 0.253 e. The van der Waals surface area contributed by atoms with E-state index in [1.54, 1.807) is 0 Å². The van der Waals surface area contributed by atoms with Gasteiger partial charge >= 0.3 is 0 Å². The molecule has 0 radical (unpaired) electrons. The zero-order valence-corrected chi connectivity index (χ0v) is 12.2. The number of aromatic nitrogens is 2. The first-order valence-electron chi connectivity index (χ1n) is 6.55. The smallest absolute Gasteiger partial charge is 0.253 e. The van der Waals surface area contributed by atoms with Crippen molar-refractivity contribution in [1.82, 2.24) is 20.8 Å². The van der Waals surface area contributed by atoms with Gasteiger partial charge in [-0.2, -0.15) is 10.2 Å². The van der Waals surface area contributed by atoms with E-state index in [9.17, 15) is 4.79 Å². The molecule has 0 aromatic carbocycles. The number of aryl methyl sites for hydroxylation is 2. The number of piperidine rings is 1. The van der Waals surface area contributed by atoms with Crippen molar-refractivity contribution in [2.24, 2.45) is 0 Å². The molecule has 0 aliphatic carbocycles. The number of halogens is 1. The molecule has 1 saturated heterocycles. The topological polar surface area (TPSA) is 66.9 Å². The summed E-state index contributed by atoms with van der Waals surface area (Å²) in [7, 11) is 0. The molecule has 5 nitrogen and oxygen atoms in total. The first kappa shape index (κ1) is 15.9. The van der Waals surface area contributed by atoms with Crippen LogP contribution < -0.4 is 10.6 Å². The molecule has 1 aromatic rings. The van der Waals surface area contributed by atoms with Crippen LogP contribution in [0.25, 0.3) is 0 Å². The van der Waals surface area contributed by atoms with Crippen molar-refractivity contribution in [2.45, 2.75) is 39.2 Å². The fraction of sp³-hybridized carbons (Fsp3) is 0.615. The molecule has 1 amide bonds. The van der Waals surface area contributed by atoms with Crippen LogP contribution in [0.4, 0.5) is 0 Å². The van der Waals surface area contributed by atoms with Crippen molar-refractivity contribution in [3.8, 4) is 0 Å². The van der Waals surface area contributed by atoms with Gasteiger partial charge in [-0.3, -0.25) is 4.79 Å². The molecule has 0 saturated carbocycles. The normalized spacial score (nSPS) is 18.5. The minimum absolute atomic E-state index is 0. The van der Waals surface area contributed by atoms with Crippen LogP contribution in [0, 0.1) is 6.92 Å². The Morgan fingerprint density at radius 2 is 2.32 bits per heavy atom. The molecule has 1 fully saturated rings. The van der Waals surface area contributed by atoms with E-state index in [1.807, 2.05) is 19.9 Å². The largest absolute Gasteiger partial charge is 0.348 e. The maximum atomic E-state index is 12.2. The van der Waals surface area contributed by atoms with Crippen molar-refractivity contribution in [3.63, 3.8) is 0 Å². The molecule has 2 N–H and O–H groups in total. The van der Waals surface area contributed by atoms with Crippen molar-refractivity contribution >= 4 is 18.3 Å². The van der Waals surface area contributed by atoms with Crippen LogP contribution in [0.1, 0.15) is 41.5 Å².